The van der Waals surface area contributed by atoms with Crippen LogP contribution in [0.25, 0.3) is 0 Å². The summed E-state index contributed by atoms with van der Waals surface area (Å²) in [6.45, 7) is 8.80. The first-order valence-electron chi connectivity index (χ1n) is 10.8. The van der Waals surface area contributed by atoms with Crippen molar-refractivity contribution >= 4 is 6.29 Å². The Morgan fingerprint density at radius 3 is 2.62 bits per heavy atom. The zero-order chi connectivity index (χ0) is 17.3. The van der Waals surface area contributed by atoms with E-state index in [9.17, 15) is 4.79 Å². The van der Waals surface area contributed by atoms with Gasteiger partial charge < -0.3 is 4.79 Å². The van der Waals surface area contributed by atoms with Crippen molar-refractivity contribution in [3.05, 3.63) is 11.6 Å². The maximum atomic E-state index is 11.5. The molecule has 0 aliphatic heterocycles. The number of carbonyl (C=O) groups excluding carboxylic acids is 1. The van der Waals surface area contributed by atoms with Crippen molar-refractivity contribution in [3.8, 4) is 0 Å². The fourth-order valence-electron chi connectivity index (χ4n) is 6.97. The second-order valence-electron chi connectivity index (χ2n) is 8.98. The van der Waals surface area contributed by atoms with Crippen molar-refractivity contribution < 1.29 is 4.79 Å². The molecule has 4 aliphatic carbocycles. The summed E-state index contributed by atoms with van der Waals surface area (Å²) in [4.78, 5) is 11.5. The second kappa shape index (κ2) is 7.34. The molecule has 0 bridgehead atoms. The maximum Gasteiger partial charge on any atom is 0.123 e. The van der Waals surface area contributed by atoms with Gasteiger partial charge in [0.15, 0.2) is 0 Å². The van der Waals surface area contributed by atoms with Gasteiger partial charge in [0.05, 0.1) is 0 Å². The normalized spacial score (nSPS) is 46.6. The van der Waals surface area contributed by atoms with Crippen LogP contribution in [0.4, 0.5) is 0 Å². The summed E-state index contributed by atoms with van der Waals surface area (Å²) in [6, 6.07) is 0. The highest BCUT2D eigenvalue weighted by Crippen LogP contribution is 2.63. The Balaban J connectivity index is 0.000000815. The minimum absolute atomic E-state index is 0.328. The van der Waals surface area contributed by atoms with Crippen molar-refractivity contribution in [2.45, 2.75) is 85.5 Å². The van der Waals surface area contributed by atoms with E-state index in [-0.39, 0.29) is 0 Å². The van der Waals surface area contributed by atoms with E-state index < -0.39 is 0 Å². The monoisotopic (exact) mass is 330 g/mol. The lowest BCUT2D eigenvalue weighted by Gasteiger charge is -2.53. The Bertz CT molecular complexity index is 478. The first-order valence-corrected chi connectivity index (χ1v) is 10.8. The smallest absolute Gasteiger partial charge is 0.123 e. The molecule has 136 valence electrons. The number of carbonyl (C=O) groups is 1. The van der Waals surface area contributed by atoms with Gasteiger partial charge in [-0.2, -0.15) is 0 Å². The minimum Gasteiger partial charge on any atom is -0.303 e. The Hall–Kier alpha value is -0.590. The van der Waals surface area contributed by atoms with Crippen molar-refractivity contribution in [1.29, 1.82) is 0 Å². The SMILES string of the molecule is CC.CCC1CCC2C(=CCC3C2CCC2(C)C(C=O)CCC32)C1. The summed E-state index contributed by atoms with van der Waals surface area (Å²) in [6.07, 6.45) is 16.1. The van der Waals surface area contributed by atoms with Crippen molar-refractivity contribution in [1.82, 2.24) is 0 Å². The first-order chi connectivity index (χ1) is 11.7. The molecule has 4 aliphatic rings. The lowest BCUT2D eigenvalue weighted by Crippen LogP contribution is -2.46. The lowest BCUT2D eigenvalue weighted by atomic mass is 9.51. The van der Waals surface area contributed by atoms with Crippen LogP contribution in [-0.2, 0) is 4.79 Å². The fraction of sp³-hybridized carbons (Fsp3) is 0.870. The molecular formula is C23H38O. The van der Waals surface area contributed by atoms with Gasteiger partial charge in [0, 0.05) is 5.92 Å². The van der Waals surface area contributed by atoms with Gasteiger partial charge in [-0.3, -0.25) is 0 Å². The highest BCUT2D eigenvalue weighted by atomic mass is 16.1. The van der Waals surface area contributed by atoms with Crippen LogP contribution in [0.5, 0.6) is 0 Å². The van der Waals surface area contributed by atoms with Crippen LogP contribution in [0.1, 0.15) is 85.5 Å². The van der Waals surface area contributed by atoms with E-state index in [1.54, 1.807) is 0 Å². The molecule has 1 heteroatoms. The third kappa shape index (κ3) is 2.80. The van der Waals surface area contributed by atoms with Crippen LogP contribution >= 0.6 is 0 Å². The molecule has 0 spiro atoms. The number of hydrogen-bond donors (Lipinski definition) is 0. The molecule has 7 unspecified atom stereocenters. The number of aldehydes is 1. The van der Waals surface area contributed by atoms with Gasteiger partial charge in [-0.1, -0.05) is 45.8 Å². The third-order valence-corrected chi connectivity index (χ3v) is 8.36. The Morgan fingerprint density at radius 1 is 1.12 bits per heavy atom. The van der Waals surface area contributed by atoms with Gasteiger partial charge >= 0.3 is 0 Å². The van der Waals surface area contributed by atoms with Crippen molar-refractivity contribution in [3.63, 3.8) is 0 Å². The van der Waals surface area contributed by atoms with Gasteiger partial charge in [-0.05, 0) is 86.4 Å². The molecule has 0 N–H and O–H groups in total. The molecular weight excluding hydrogens is 292 g/mol. The van der Waals surface area contributed by atoms with Gasteiger partial charge in [0.2, 0.25) is 0 Å². The van der Waals surface area contributed by atoms with E-state index in [1.165, 1.54) is 57.7 Å². The summed E-state index contributed by atoms with van der Waals surface area (Å²) in [7, 11) is 0. The topological polar surface area (TPSA) is 17.1 Å². The van der Waals surface area contributed by atoms with E-state index >= 15 is 0 Å². The molecule has 0 heterocycles. The standard InChI is InChI=1S/C21H32O.C2H6/c1-3-14-4-7-17-15(12-14)5-8-19-18(17)10-11-21(2)16(13-22)6-9-20(19)21;1-2/h5,13-14,16-20H,3-4,6-12H2,1-2H3;1-2H3. The molecule has 0 aromatic carbocycles. The summed E-state index contributed by atoms with van der Waals surface area (Å²) >= 11 is 0. The highest BCUT2D eigenvalue weighted by Gasteiger charge is 2.55. The lowest BCUT2D eigenvalue weighted by molar-refractivity contribution is -0.116. The molecule has 0 amide bonds. The second-order valence-corrected chi connectivity index (χ2v) is 8.98. The largest absolute Gasteiger partial charge is 0.303 e. The van der Waals surface area contributed by atoms with Crippen LogP contribution < -0.4 is 0 Å². The van der Waals surface area contributed by atoms with Gasteiger partial charge in [0.25, 0.3) is 0 Å². The molecule has 0 aromatic rings. The van der Waals surface area contributed by atoms with Crippen LogP contribution in [0, 0.1) is 40.9 Å². The average Bonchev–Trinajstić information content (AvgIpc) is 2.99. The highest BCUT2D eigenvalue weighted by molar-refractivity contribution is 5.56. The summed E-state index contributed by atoms with van der Waals surface area (Å²) in [5, 5.41) is 0. The zero-order valence-electron chi connectivity index (χ0n) is 16.4. The summed E-state index contributed by atoms with van der Waals surface area (Å²) in [5.74, 6) is 4.86. The van der Waals surface area contributed by atoms with E-state index in [0.29, 0.717) is 11.3 Å². The Kier molecular flexibility index (Phi) is 5.57. The van der Waals surface area contributed by atoms with Crippen LogP contribution in [0.3, 0.4) is 0 Å². The molecule has 1 nitrogen and oxygen atoms in total. The molecule has 0 radical (unpaired) electrons. The molecule has 0 saturated heterocycles. The van der Waals surface area contributed by atoms with Crippen molar-refractivity contribution in [2.24, 2.45) is 40.9 Å². The summed E-state index contributed by atoms with van der Waals surface area (Å²) < 4.78 is 0. The number of allylic oxidation sites excluding steroid dienone is 2. The van der Waals surface area contributed by atoms with E-state index in [2.05, 4.69) is 19.9 Å². The van der Waals surface area contributed by atoms with Gasteiger partial charge in [-0.15, -0.1) is 0 Å². The predicted octanol–water partition coefficient (Wildman–Crippen LogP) is 6.43. The van der Waals surface area contributed by atoms with Gasteiger partial charge in [0.1, 0.15) is 6.29 Å². The number of hydrogen-bond acceptors (Lipinski definition) is 1. The van der Waals surface area contributed by atoms with E-state index in [0.717, 1.165) is 36.0 Å². The third-order valence-electron chi connectivity index (χ3n) is 8.36. The van der Waals surface area contributed by atoms with Crippen LogP contribution in [0.15, 0.2) is 11.6 Å². The first kappa shape index (κ1) is 18.2. The quantitative estimate of drug-likeness (QED) is 0.421. The number of fused-ring (bicyclic) bond motifs is 5. The Labute approximate surface area is 149 Å². The molecule has 3 fully saturated rings. The van der Waals surface area contributed by atoms with E-state index in [1.807, 2.05) is 19.4 Å². The van der Waals surface area contributed by atoms with Crippen LogP contribution in [0.2, 0.25) is 0 Å². The summed E-state index contributed by atoms with van der Waals surface area (Å²) in [5.41, 5.74) is 2.16. The molecule has 0 aromatic heterocycles. The fourth-order valence-corrected chi connectivity index (χ4v) is 6.97. The van der Waals surface area contributed by atoms with Crippen LogP contribution in [-0.4, -0.2) is 6.29 Å². The van der Waals surface area contributed by atoms with E-state index in [4.69, 9.17) is 0 Å². The molecule has 7 atom stereocenters. The average molecular weight is 331 g/mol. The molecule has 3 saturated carbocycles. The predicted molar refractivity (Wildman–Crippen MR) is 102 cm³/mol. The zero-order valence-corrected chi connectivity index (χ0v) is 16.4. The minimum atomic E-state index is 0.328. The maximum absolute atomic E-state index is 11.5. The molecule has 4 rings (SSSR count). The van der Waals surface area contributed by atoms with Crippen molar-refractivity contribution in [2.75, 3.05) is 0 Å². The number of rotatable bonds is 2. The molecule has 24 heavy (non-hydrogen) atoms. The van der Waals surface area contributed by atoms with Gasteiger partial charge in [-0.25, -0.2) is 0 Å². The Morgan fingerprint density at radius 2 is 1.92 bits per heavy atom.